The number of hydrogen-bond acceptors (Lipinski definition) is 2. The molecule has 2 rings (SSSR count). The largest absolute Gasteiger partial charge is 0.478 e. The van der Waals surface area contributed by atoms with E-state index in [0.29, 0.717) is 6.42 Å². The quantitative estimate of drug-likeness (QED) is 0.664. The van der Waals surface area contributed by atoms with E-state index in [1.54, 1.807) is 6.08 Å². The molecule has 0 unspecified atom stereocenters. The van der Waals surface area contributed by atoms with Crippen molar-refractivity contribution in [2.75, 3.05) is 0 Å². The van der Waals surface area contributed by atoms with Crippen LogP contribution in [0.5, 0.6) is 0 Å². The van der Waals surface area contributed by atoms with Gasteiger partial charge >= 0.3 is 5.97 Å². The van der Waals surface area contributed by atoms with Gasteiger partial charge in [0.2, 0.25) is 0 Å². The summed E-state index contributed by atoms with van der Waals surface area (Å²) in [7, 11) is 0. The van der Waals surface area contributed by atoms with Crippen molar-refractivity contribution in [1.82, 2.24) is 0 Å². The van der Waals surface area contributed by atoms with Crippen molar-refractivity contribution in [3.8, 4) is 0 Å². The average molecular weight is 310 g/mol. The topological polar surface area (TPSA) is 54.4 Å². The zero-order valence-corrected chi connectivity index (χ0v) is 13.5. The van der Waals surface area contributed by atoms with E-state index in [-0.39, 0.29) is 0 Å². The monoisotopic (exact) mass is 310 g/mol. The van der Waals surface area contributed by atoms with Gasteiger partial charge < -0.3 is 9.90 Å². The van der Waals surface area contributed by atoms with E-state index >= 15 is 0 Å². The minimum atomic E-state index is -0.920. The van der Waals surface area contributed by atoms with Crippen LogP contribution in [0.25, 0.3) is 6.08 Å². The van der Waals surface area contributed by atoms with Crippen molar-refractivity contribution in [2.45, 2.75) is 26.7 Å². The second kappa shape index (κ2) is 10.1. The number of carbonyl (C=O) groups excluding carboxylic acids is 1. The first-order valence-corrected chi connectivity index (χ1v) is 7.48. The van der Waals surface area contributed by atoms with Gasteiger partial charge in [-0.1, -0.05) is 59.7 Å². The van der Waals surface area contributed by atoms with Gasteiger partial charge in [0, 0.05) is 12.5 Å². The number of carboxylic acid groups (broad SMARTS) is 1. The number of aldehydes is 1. The van der Waals surface area contributed by atoms with Gasteiger partial charge in [-0.15, -0.1) is 0 Å². The van der Waals surface area contributed by atoms with Crippen LogP contribution >= 0.6 is 0 Å². The molecule has 0 saturated heterocycles. The molecule has 3 heteroatoms. The Morgan fingerprint density at radius 3 is 2.26 bits per heavy atom. The third-order valence-electron chi connectivity index (χ3n) is 3.09. The molecular formula is C20H22O3. The fourth-order valence-electron chi connectivity index (χ4n) is 2.03. The molecule has 0 bridgehead atoms. The van der Waals surface area contributed by atoms with Crippen LogP contribution in [-0.4, -0.2) is 17.4 Å². The molecule has 0 atom stereocenters. The maximum absolute atomic E-state index is 10.2. The van der Waals surface area contributed by atoms with E-state index in [1.807, 2.05) is 37.3 Å². The molecule has 2 aromatic rings. The van der Waals surface area contributed by atoms with Crippen molar-refractivity contribution in [3.05, 3.63) is 76.9 Å². The number of carbonyl (C=O) groups is 2. The summed E-state index contributed by atoms with van der Waals surface area (Å²) < 4.78 is 0. The molecule has 0 amide bonds. The molecule has 1 N–H and O–H groups in total. The van der Waals surface area contributed by atoms with E-state index in [1.165, 1.54) is 11.1 Å². The lowest BCUT2D eigenvalue weighted by Gasteiger charge is -1.97. The molecule has 0 aliphatic heterocycles. The normalized spacial score (nSPS) is 10.0. The van der Waals surface area contributed by atoms with E-state index in [0.717, 1.165) is 29.9 Å². The van der Waals surface area contributed by atoms with Crippen molar-refractivity contribution in [2.24, 2.45) is 0 Å². The van der Waals surface area contributed by atoms with Crippen LogP contribution in [0, 0.1) is 13.8 Å². The molecule has 0 aromatic heterocycles. The summed E-state index contributed by atoms with van der Waals surface area (Å²) in [5, 5.41) is 8.36. The van der Waals surface area contributed by atoms with E-state index in [9.17, 15) is 9.59 Å². The van der Waals surface area contributed by atoms with Crippen LogP contribution in [0.1, 0.15) is 28.7 Å². The highest BCUT2D eigenvalue weighted by Crippen LogP contribution is 2.06. The standard InChI is InChI=1S/C10H10O2.C10H12O/c1-8-3-2-4-9(7-8)5-6-10(11)12;1-9-4-2-5-10(8-9)6-3-7-11/h2-7H,1H3,(H,11,12);2,4-5,7-8H,3,6H2,1H3/b6-5+;. The lowest BCUT2D eigenvalue weighted by atomic mass is 10.1. The zero-order chi connectivity index (χ0) is 17.1. The van der Waals surface area contributed by atoms with Crippen LogP contribution in [-0.2, 0) is 16.0 Å². The Morgan fingerprint density at radius 2 is 1.70 bits per heavy atom. The first-order valence-electron chi connectivity index (χ1n) is 7.48. The van der Waals surface area contributed by atoms with Gasteiger partial charge in [-0.25, -0.2) is 4.79 Å². The smallest absolute Gasteiger partial charge is 0.328 e. The van der Waals surface area contributed by atoms with Crippen LogP contribution < -0.4 is 0 Å². The summed E-state index contributed by atoms with van der Waals surface area (Å²) in [6, 6.07) is 15.9. The molecule has 3 nitrogen and oxygen atoms in total. The van der Waals surface area contributed by atoms with Gasteiger partial charge in [0.15, 0.2) is 0 Å². The van der Waals surface area contributed by atoms with E-state index < -0.39 is 5.97 Å². The first-order chi connectivity index (χ1) is 11.0. The Morgan fingerprint density at radius 1 is 1.04 bits per heavy atom. The average Bonchev–Trinajstić information content (AvgIpc) is 2.52. The molecular weight excluding hydrogens is 288 g/mol. The lowest BCUT2D eigenvalue weighted by Crippen LogP contribution is -1.85. The molecule has 0 aliphatic carbocycles. The molecule has 0 spiro atoms. The van der Waals surface area contributed by atoms with Crippen molar-refractivity contribution < 1.29 is 14.7 Å². The number of aryl methyl sites for hydroxylation is 3. The Labute approximate surface area is 137 Å². The fraction of sp³-hybridized carbons (Fsp3) is 0.200. The molecule has 120 valence electrons. The minimum absolute atomic E-state index is 0.628. The predicted octanol–water partition coefficient (Wildman–Crippen LogP) is 4.22. The first kappa shape index (κ1) is 18.4. The maximum atomic E-state index is 10.2. The van der Waals surface area contributed by atoms with Crippen molar-refractivity contribution in [1.29, 1.82) is 0 Å². The lowest BCUT2D eigenvalue weighted by molar-refractivity contribution is -0.131. The summed E-state index contributed by atoms with van der Waals surface area (Å²) in [5.74, 6) is -0.920. The van der Waals surface area contributed by atoms with Crippen molar-refractivity contribution in [3.63, 3.8) is 0 Å². The number of hydrogen-bond donors (Lipinski definition) is 1. The van der Waals surface area contributed by atoms with Crippen LogP contribution in [0.2, 0.25) is 0 Å². The Kier molecular flexibility index (Phi) is 8.08. The third kappa shape index (κ3) is 8.37. The van der Waals surface area contributed by atoms with E-state index in [2.05, 4.69) is 25.1 Å². The Hall–Kier alpha value is -2.68. The zero-order valence-electron chi connectivity index (χ0n) is 13.5. The molecule has 2 aromatic carbocycles. The highest BCUT2D eigenvalue weighted by atomic mass is 16.4. The third-order valence-corrected chi connectivity index (χ3v) is 3.09. The summed E-state index contributed by atoms with van der Waals surface area (Å²) in [6.07, 6.45) is 5.17. The highest BCUT2D eigenvalue weighted by Gasteiger charge is 1.91. The summed E-state index contributed by atoms with van der Waals surface area (Å²) >= 11 is 0. The summed E-state index contributed by atoms with van der Waals surface area (Å²) in [5.41, 5.74) is 4.55. The van der Waals surface area contributed by atoms with E-state index in [4.69, 9.17) is 5.11 Å². The number of benzene rings is 2. The summed E-state index contributed by atoms with van der Waals surface area (Å²) in [4.78, 5) is 20.2. The highest BCUT2D eigenvalue weighted by molar-refractivity contribution is 5.85. The second-order valence-electron chi connectivity index (χ2n) is 5.28. The van der Waals surface area contributed by atoms with Crippen molar-refractivity contribution >= 4 is 18.3 Å². The van der Waals surface area contributed by atoms with Gasteiger partial charge in [-0.05, 0) is 37.5 Å². The van der Waals surface area contributed by atoms with Gasteiger partial charge in [0.05, 0.1) is 0 Å². The van der Waals surface area contributed by atoms with Crippen LogP contribution in [0.15, 0.2) is 54.6 Å². The molecule has 0 radical (unpaired) electrons. The van der Waals surface area contributed by atoms with Gasteiger partial charge in [0.1, 0.15) is 6.29 Å². The predicted molar refractivity (Wildman–Crippen MR) is 93.4 cm³/mol. The molecule has 0 fully saturated rings. The maximum Gasteiger partial charge on any atom is 0.328 e. The summed E-state index contributed by atoms with van der Waals surface area (Å²) in [6.45, 7) is 4.03. The van der Waals surface area contributed by atoms with Gasteiger partial charge in [-0.3, -0.25) is 0 Å². The van der Waals surface area contributed by atoms with Gasteiger partial charge in [-0.2, -0.15) is 0 Å². The van der Waals surface area contributed by atoms with Gasteiger partial charge in [0.25, 0.3) is 0 Å². The minimum Gasteiger partial charge on any atom is -0.478 e. The second-order valence-corrected chi connectivity index (χ2v) is 5.28. The molecule has 0 saturated carbocycles. The molecule has 0 heterocycles. The fourth-order valence-corrected chi connectivity index (χ4v) is 2.03. The Bertz CT molecular complexity index is 672. The molecule has 23 heavy (non-hydrogen) atoms. The SMILES string of the molecule is Cc1cccc(/C=C/C(=O)O)c1.Cc1cccc(CCC=O)c1. The number of aliphatic carboxylic acids is 1. The number of rotatable bonds is 5. The van der Waals surface area contributed by atoms with Crippen LogP contribution in [0.3, 0.4) is 0 Å². The molecule has 0 aliphatic rings. The Balaban J connectivity index is 0.000000231. The number of carboxylic acids is 1. The van der Waals surface area contributed by atoms with Crippen LogP contribution in [0.4, 0.5) is 0 Å².